The van der Waals surface area contributed by atoms with Gasteiger partial charge in [-0.15, -0.1) is 0 Å². The Morgan fingerprint density at radius 1 is 1.58 bits per heavy atom. The van der Waals surface area contributed by atoms with Crippen molar-refractivity contribution < 1.29 is 4.79 Å². The largest absolute Gasteiger partial charge is 0.295 e. The van der Waals surface area contributed by atoms with Crippen molar-refractivity contribution in [3.05, 3.63) is 18.7 Å². The molecule has 12 heavy (non-hydrogen) atoms. The molecule has 1 aromatic heterocycles. The number of allylic oxidation sites excluding steroid dienone is 1. The summed E-state index contributed by atoms with van der Waals surface area (Å²) in [4.78, 5) is 14.8. The fraction of sp³-hybridized carbons (Fsp3) is 0.375. The fourth-order valence-electron chi connectivity index (χ4n) is 0.637. The molecule has 0 unspecified atom stereocenters. The highest BCUT2D eigenvalue weighted by atomic mass is 16.1. The Morgan fingerprint density at radius 3 is 2.83 bits per heavy atom. The summed E-state index contributed by atoms with van der Waals surface area (Å²) in [5, 5.41) is 3.81. The zero-order chi connectivity index (χ0) is 8.97. The van der Waals surface area contributed by atoms with Crippen LogP contribution in [-0.2, 0) is 4.79 Å². The van der Waals surface area contributed by atoms with Crippen molar-refractivity contribution in [1.82, 2.24) is 14.8 Å². The van der Waals surface area contributed by atoms with Gasteiger partial charge in [0.05, 0.1) is 0 Å². The van der Waals surface area contributed by atoms with Crippen LogP contribution in [0, 0.1) is 5.92 Å². The standard InChI is InChI=1S/C8H11N3O/c1-7(2)8(12)3-4-11-6-9-5-10-11/h3-7H,1-2H3/b4-3+. The number of ketones is 1. The first-order chi connectivity index (χ1) is 5.70. The quantitative estimate of drug-likeness (QED) is 0.627. The molecule has 0 aromatic carbocycles. The second-order valence-corrected chi connectivity index (χ2v) is 2.75. The van der Waals surface area contributed by atoms with Gasteiger partial charge in [0.1, 0.15) is 12.7 Å². The number of hydrogen-bond acceptors (Lipinski definition) is 3. The third-order valence-corrected chi connectivity index (χ3v) is 1.40. The minimum atomic E-state index is 0.0322. The minimum absolute atomic E-state index is 0.0322. The van der Waals surface area contributed by atoms with Crippen molar-refractivity contribution in [2.75, 3.05) is 0 Å². The van der Waals surface area contributed by atoms with Gasteiger partial charge in [0.25, 0.3) is 0 Å². The van der Waals surface area contributed by atoms with E-state index in [2.05, 4.69) is 10.1 Å². The lowest BCUT2D eigenvalue weighted by Gasteiger charge is -1.95. The summed E-state index contributed by atoms with van der Waals surface area (Å²) in [5.41, 5.74) is 0. The first-order valence-electron chi connectivity index (χ1n) is 3.76. The Morgan fingerprint density at radius 2 is 2.33 bits per heavy atom. The molecule has 1 heterocycles. The summed E-state index contributed by atoms with van der Waals surface area (Å²) in [6.45, 7) is 3.71. The molecule has 0 atom stereocenters. The van der Waals surface area contributed by atoms with Crippen LogP contribution in [-0.4, -0.2) is 20.5 Å². The molecule has 0 aliphatic carbocycles. The average Bonchev–Trinajstić information content (AvgIpc) is 2.51. The molecule has 0 spiro atoms. The van der Waals surface area contributed by atoms with Crippen LogP contribution in [0.5, 0.6) is 0 Å². The van der Waals surface area contributed by atoms with Crippen molar-refractivity contribution in [2.24, 2.45) is 5.92 Å². The second-order valence-electron chi connectivity index (χ2n) is 2.75. The molecular formula is C8H11N3O. The molecule has 64 valence electrons. The number of carbonyl (C=O) groups is 1. The molecule has 1 aromatic rings. The van der Waals surface area contributed by atoms with E-state index in [0.29, 0.717) is 0 Å². The Kier molecular flexibility index (Phi) is 2.74. The predicted molar refractivity (Wildman–Crippen MR) is 45.2 cm³/mol. The van der Waals surface area contributed by atoms with Gasteiger partial charge in [-0.3, -0.25) is 4.79 Å². The summed E-state index contributed by atoms with van der Waals surface area (Å²) in [5.74, 6) is 0.121. The summed E-state index contributed by atoms with van der Waals surface area (Å²) in [7, 11) is 0. The maximum absolute atomic E-state index is 11.1. The van der Waals surface area contributed by atoms with Crippen molar-refractivity contribution in [1.29, 1.82) is 0 Å². The van der Waals surface area contributed by atoms with E-state index >= 15 is 0 Å². The van der Waals surface area contributed by atoms with E-state index in [1.54, 1.807) is 6.20 Å². The molecule has 0 aliphatic heterocycles. The third kappa shape index (κ3) is 2.30. The highest BCUT2D eigenvalue weighted by Crippen LogP contribution is 1.95. The van der Waals surface area contributed by atoms with E-state index < -0.39 is 0 Å². The third-order valence-electron chi connectivity index (χ3n) is 1.40. The topological polar surface area (TPSA) is 47.8 Å². The first-order valence-corrected chi connectivity index (χ1v) is 3.76. The maximum atomic E-state index is 11.1. The van der Waals surface area contributed by atoms with Gasteiger partial charge in [0.2, 0.25) is 0 Å². The lowest BCUT2D eigenvalue weighted by molar-refractivity contribution is -0.117. The SMILES string of the molecule is CC(C)C(=O)/C=C/n1cncn1. The van der Waals surface area contributed by atoms with E-state index in [-0.39, 0.29) is 11.7 Å². The first kappa shape index (κ1) is 8.64. The smallest absolute Gasteiger partial charge is 0.159 e. The van der Waals surface area contributed by atoms with Gasteiger partial charge in [-0.25, -0.2) is 9.67 Å². The average molecular weight is 165 g/mol. The van der Waals surface area contributed by atoms with E-state index in [0.717, 1.165) is 0 Å². The molecule has 0 fully saturated rings. The molecular weight excluding hydrogens is 154 g/mol. The van der Waals surface area contributed by atoms with Crippen molar-refractivity contribution in [3.63, 3.8) is 0 Å². The predicted octanol–water partition coefficient (Wildman–Crippen LogP) is 0.974. The highest BCUT2D eigenvalue weighted by Gasteiger charge is 2.00. The second kappa shape index (κ2) is 3.80. The van der Waals surface area contributed by atoms with Gasteiger partial charge in [-0.1, -0.05) is 13.8 Å². The van der Waals surface area contributed by atoms with Crippen molar-refractivity contribution in [2.45, 2.75) is 13.8 Å². The van der Waals surface area contributed by atoms with E-state index in [4.69, 9.17) is 0 Å². The van der Waals surface area contributed by atoms with Gasteiger partial charge in [0.15, 0.2) is 5.78 Å². The Balaban J connectivity index is 2.57. The summed E-state index contributed by atoms with van der Waals surface area (Å²) >= 11 is 0. The molecule has 1 rings (SSSR count). The van der Waals surface area contributed by atoms with Gasteiger partial charge in [-0.2, -0.15) is 5.10 Å². The molecule has 0 N–H and O–H groups in total. The van der Waals surface area contributed by atoms with Crippen LogP contribution in [0.25, 0.3) is 6.20 Å². The summed E-state index contributed by atoms with van der Waals surface area (Å²) in [6.07, 6.45) is 6.04. The fourth-order valence-corrected chi connectivity index (χ4v) is 0.637. The van der Waals surface area contributed by atoms with Crippen molar-refractivity contribution in [3.8, 4) is 0 Å². The van der Waals surface area contributed by atoms with Gasteiger partial charge < -0.3 is 0 Å². The van der Waals surface area contributed by atoms with Crippen LogP contribution in [0.2, 0.25) is 0 Å². The summed E-state index contributed by atoms with van der Waals surface area (Å²) < 4.78 is 1.49. The summed E-state index contributed by atoms with van der Waals surface area (Å²) in [6, 6.07) is 0. The lowest BCUT2D eigenvalue weighted by Crippen LogP contribution is -2.02. The van der Waals surface area contributed by atoms with Crippen LogP contribution < -0.4 is 0 Å². The van der Waals surface area contributed by atoms with Gasteiger partial charge in [-0.05, 0) is 6.08 Å². The van der Waals surface area contributed by atoms with Crippen LogP contribution in [0.15, 0.2) is 18.7 Å². The molecule has 0 aliphatic rings. The highest BCUT2D eigenvalue weighted by molar-refractivity contribution is 5.93. The number of hydrogen-bond donors (Lipinski definition) is 0. The molecule has 0 saturated heterocycles. The van der Waals surface area contributed by atoms with E-state index in [9.17, 15) is 4.79 Å². The van der Waals surface area contributed by atoms with Crippen LogP contribution in [0.4, 0.5) is 0 Å². The van der Waals surface area contributed by atoms with Crippen molar-refractivity contribution >= 4 is 12.0 Å². The Labute approximate surface area is 70.9 Å². The normalized spacial score (nSPS) is 11.2. The van der Waals surface area contributed by atoms with E-state index in [1.165, 1.54) is 23.4 Å². The molecule has 0 radical (unpaired) electrons. The zero-order valence-corrected chi connectivity index (χ0v) is 7.14. The maximum Gasteiger partial charge on any atom is 0.159 e. The molecule has 4 heteroatoms. The van der Waals surface area contributed by atoms with Crippen LogP contribution in [0.1, 0.15) is 13.8 Å². The van der Waals surface area contributed by atoms with Gasteiger partial charge >= 0.3 is 0 Å². The molecule has 4 nitrogen and oxygen atoms in total. The molecule has 0 amide bonds. The molecule has 0 bridgehead atoms. The van der Waals surface area contributed by atoms with Crippen LogP contribution in [0.3, 0.4) is 0 Å². The zero-order valence-electron chi connectivity index (χ0n) is 7.14. The monoisotopic (exact) mass is 165 g/mol. The number of nitrogens with zero attached hydrogens (tertiary/aromatic N) is 3. The van der Waals surface area contributed by atoms with Gasteiger partial charge in [0, 0.05) is 12.1 Å². The number of aromatic nitrogens is 3. The van der Waals surface area contributed by atoms with E-state index in [1.807, 2.05) is 13.8 Å². The number of carbonyl (C=O) groups excluding carboxylic acids is 1. The number of rotatable bonds is 3. The minimum Gasteiger partial charge on any atom is -0.295 e. The van der Waals surface area contributed by atoms with Crippen LogP contribution >= 0.6 is 0 Å². The lowest BCUT2D eigenvalue weighted by atomic mass is 10.1. The Bertz CT molecular complexity index is 275. The Hall–Kier alpha value is -1.45. The molecule has 0 saturated carbocycles.